The average molecular weight is 294 g/mol. The van der Waals surface area contributed by atoms with E-state index in [2.05, 4.69) is 0 Å². The maximum atomic E-state index is 12.3. The zero-order valence-electron chi connectivity index (χ0n) is 12.2. The van der Waals surface area contributed by atoms with Crippen molar-refractivity contribution in [3.8, 4) is 5.75 Å². The maximum Gasteiger partial charge on any atom is 0.179 e. The highest BCUT2D eigenvalue weighted by Gasteiger charge is 2.23. The van der Waals surface area contributed by atoms with Crippen LogP contribution in [0.25, 0.3) is 0 Å². The van der Waals surface area contributed by atoms with Crippen LogP contribution in [0.1, 0.15) is 48.0 Å². The minimum atomic E-state index is -1.06. The van der Waals surface area contributed by atoms with E-state index in [0.29, 0.717) is 11.3 Å². The first kappa shape index (κ1) is 15.2. The highest BCUT2D eigenvalue weighted by Crippen LogP contribution is 2.24. The fourth-order valence-electron chi connectivity index (χ4n) is 2.68. The van der Waals surface area contributed by atoms with Crippen molar-refractivity contribution < 1.29 is 13.7 Å². The summed E-state index contributed by atoms with van der Waals surface area (Å²) in [4.78, 5) is 12.3. The zero-order chi connectivity index (χ0) is 14.5. The molecule has 0 amide bonds. The van der Waals surface area contributed by atoms with Crippen LogP contribution in [0.3, 0.4) is 0 Å². The van der Waals surface area contributed by atoms with Crippen molar-refractivity contribution >= 4 is 16.6 Å². The number of hydrogen-bond donors (Lipinski definition) is 0. The minimum absolute atomic E-state index is 0.0780. The van der Waals surface area contributed by atoms with Crippen LogP contribution >= 0.6 is 0 Å². The first-order chi connectivity index (χ1) is 9.61. The lowest BCUT2D eigenvalue weighted by Gasteiger charge is -2.20. The Kier molecular flexibility index (Phi) is 5.35. The Morgan fingerprint density at radius 2 is 2.00 bits per heavy atom. The Balaban J connectivity index is 2.06. The molecule has 110 valence electrons. The highest BCUT2D eigenvalue weighted by atomic mass is 32.2. The quantitative estimate of drug-likeness (QED) is 0.783. The van der Waals surface area contributed by atoms with E-state index in [0.717, 1.165) is 31.2 Å². The van der Waals surface area contributed by atoms with E-state index >= 15 is 0 Å². The van der Waals surface area contributed by atoms with Crippen molar-refractivity contribution in [1.82, 2.24) is 0 Å². The van der Waals surface area contributed by atoms with Gasteiger partial charge in [-0.3, -0.25) is 9.00 Å². The molecule has 0 bridgehead atoms. The Bertz CT molecular complexity index is 504. The van der Waals surface area contributed by atoms with E-state index in [1.165, 1.54) is 6.42 Å². The topological polar surface area (TPSA) is 43.4 Å². The van der Waals surface area contributed by atoms with Crippen molar-refractivity contribution in [2.75, 3.05) is 12.9 Å². The number of carbonyl (C=O) groups excluding carboxylic acids is 1. The molecule has 2 rings (SSSR count). The van der Waals surface area contributed by atoms with Crippen LogP contribution in [-0.4, -0.2) is 28.1 Å². The molecule has 0 N–H and O–H groups in total. The van der Waals surface area contributed by atoms with E-state index in [9.17, 15) is 9.00 Å². The van der Waals surface area contributed by atoms with E-state index < -0.39 is 10.8 Å². The second-order valence-corrected chi connectivity index (χ2v) is 7.13. The Morgan fingerprint density at radius 1 is 1.30 bits per heavy atom. The first-order valence-electron chi connectivity index (χ1n) is 7.17. The number of rotatable bonds is 5. The summed E-state index contributed by atoms with van der Waals surface area (Å²) in [6, 6.07) is 5.50. The van der Waals surface area contributed by atoms with Crippen molar-refractivity contribution in [3.05, 3.63) is 29.3 Å². The Hall–Kier alpha value is -1.16. The molecule has 0 spiro atoms. The molecule has 0 heterocycles. The molecule has 1 unspecified atom stereocenters. The molecule has 1 saturated carbocycles. The number of ketones is 1. The highest BCUT2D eigenvalue weighted by molar-refractivity contribution is 7.86. The first-order valence-corrected chi connectivity index (χ1v) is 8.55. The van der Waals surface area contributed by atoms with E-state index in [-0.39, 0.29) is 16.8 Å². The van der Waals surface area contributed by atoms with E-state index in [1.54, 1.807) is 13.2 Å². The second kappa shape index (κ2) is 7.02. The van der Waals surface area contributed by atoms with Crippen LogP contribution in [0.15, 0.2) is 18.2 Å². The largest absolute Gasteiger partial charge is 0.496 e. The SMILES string of the molecule is COc1cc(C)ccc1C(=O)CS(=O)C1CCCCC1. The van der Waals surface area contributed by atoms with E-state index in [4.69, 9.17) is 4.74 Å². The molecule has 1 atom stereocenters. The molecule has 1 fully saturated rings. The van der Waals surface area contributed by atoms with Crippen LogP contribution in [0.4, 0.5) is 0 Å². The molecule has 1 aromatic carbocycles. The summed E-state index contributed by atoms with van der Waals surface area (Å²) in [5.74, 6) is 0.616. The Morgan fingerprint density at radius 3 is 2.65 bits per heavy atom. The van der Waals surface area contributed by atoms with Gasteiger partial charge in [-0.2, -0.15) is 0 Å². The lowest BCUT2D eigenvalue weighted by atomic mass is 10.0. The number of hydrogen-bond acceptors (Lipinski definition) is 3. The summed E-state index contributed by atoms with van der Waals surface area (Å²) in [5, 5.41) is 0.198. The summed E-state index contributed by atoms with van der Waals surface area (Å²) in [6.07, 6.45) is 5.49. The summed E-state index contributed by atoms with van der Waals surface area (Å²) in [7, 11) is 0.501. The smallest absolute Gasteiger partial charge is 0.179 e. The van der Waals surface area contributed by atoms with Crippen LogP contribution in [0.2, 0.25) is 0 Å². The van der Waals surface area contributed by atoms with Gasteiger partial charge in [0.2, 0.25) is 0 Å². The fraction of sp³-hybridized carbons (Fsp3) is 0.562. The molecular weight excluding hydrogens is 272 g/mol. The third-order valence-electron chi connectivity index (χ3n) is 3.85. The third kappa shape index (κ3) is 3.69. The molecule has 0 aliphatic heterocycles. The fourth-order valence-corrected chi connectivity index (χ4v) is 4.19. The lowest BCUT2D eigenvalue weighted by Crippen LogP contribution is -2.24. The molecule has 3 nitrogen and oxygen atoms in total. The number of carbonyl (C=O) groups is 1. The molecule has 1 aromatic rings. The van der Waals surface area contributed by atoms with Gasteiger partial charge in [-0.25, -0.2) is 0 Å². The number of benzene rings is 1. The van der Waals surface area contributed by atoms with Crippen LogP contribution in [0.5, 0.6) is 5.75 Å². The third-order valence-corrected chi connectivity index (χ3v) is 5.62. The molecule has 0 saturated heterocycles. The van der Waals surface area contributed by atoms with Crippen molar-refractivity contribution in [2.24, 2.45) is 0 Å². The van der Waals surface area contributed by atoms with Gasteiger partial charge in [0, 0.05) is 16.0 Å². The number of Topliss-reactive ketones (excluding diaryl/α,β-unsaturated/α-hetero) is 1. The van der Waals surface area contributed by atoms with Gasteiger partial charge in [0.15, 0.2) is 5.78 Å². The van der Waals surface area contributed by atoms with Gasteiger partial charge >= 0.3 is 0 Å². The van der Waals surface area contributed by atoms with Crippen LogP contribution in [0, 0.1) is 6.92 Å². The van der Waals surface area contributed by atoms with Gasteiger partial charge in [0.25, 0.3) is 0 Å². The lowest BCUT2D eigenvalue weighted by molar-refractivity contribution is 0.101. The van der Waals surface area contributed by atoms with Gasteiger partial charge in [0.1, 0.15) is 5.75 Å². The van der Waals surface area contributed by atoms with E-state index in [1.807, 2.05) is 19.1 Å². The summed E-state index contributed by atoms with van der Waals surface area (Å²) < 4.78 is 17.6. The number of methoxy groups -OCH3 is 1. The summed E-state index contributed by atoms with van der Waals surface area (Å²) in [5.41, 5.74) is 1.59. The predicted molar refractivity (Wildman–Crippen MR) is 81.9 cm³/mol. The van der Waals surface area contributed by atoms with Crippen molar-refractivity contribution in [3.63, 3.8) is 0 Å². The van der Waals surface area contributed by atoms with Gasteiger partial charge in [-0.05, 0) is 37.5 Å². The standard InChI is InChI=1S/C16H22O3S/c1-12-8-9-14(16(10-12)19-2)15(17)11-20(18)13-6-4-3-5-7-13/h8-10,13H,3-7,11H2,1-2H3. The van der Waals surface area contributed by atoms with Gasteiger partial charge in [-0.1, -0.05) is 25.3 Å². The molecular formula is C16H22O3S. The van der Waals surface area contributed by atoms with Crippen molar-refractivity contribution in [2.45, 2.75) is 44.3 Å². The Labute approximate surface area is 123 Å². The zero-order valence-corrected chi connectivity index (χ0v) is 13.0. The molecule has 0 radical (unpaired) electrons. The summed E-state index contributed by atoms with van der Waals surface area (Å²) in [6.45, 7) is 1.96. The summed E-state index contributed by atoms with van der Waals surface area (Å²) >= 11 is 0. The average Bonchev–Trinajstić information content (AvgIpc) is 2.47. The molecule has 4 heteroatoms. The van der Waals surface area contributed by atoms with Gasteiger partial charge < -0.3 is 4.74 Å². The number of aryl methyl sites for hydroxylation is 1. The normalized spacial score (nSPS) is 17.7. The van der Waals surface area contributed by atoms with Gasteiger partial charge in [0.05, 0.1) is 18.4 Å². The van der Waals surface area contributed by atoms with Crippen LogP contribution < -0.4 is 4.74 Å². The monoisotopic (exact) mass is 294 g/mol. The molecule has 20 heavy (non-hydrogen) atoms. The molecule has 0 aromatic heterocycles. The predicted octanol–water partition coefficient (Wildman–Crippen LogP) is 3.27. The molecule has 1 aliphatic carbocycles. The minimum Gasteiger partial charge on any atom is -0.496 e. The van der Waals surface area contributed by atoms with Crippen molar-refractivity contribution in [1.29, 1.82) is 0 Å². The second-order valence-electron chi connectivity index (χ2n) is 5.41. The maximum absolute atomic E-state index is 12.3. The molecule has 1 aliphatic rings. The number of ether oxygens (including phenoxy) is 1. The van der Waals surface area contributed by atoms with Gasteiger partial charge in [-0.15, -0.1) is 0 Å². The van der Waals surface area contributed by atoms with Crippen LogP contribution in [-0.2, 0) is 10.8 Å².